The third-order valence-corrected chi connectivity index (χ3v) is 10.7. The lowest BCUT2D eigenvalue weighted by Gasteiger charge is -2.33. The fourth-order valence-corrected chi connectivity index (χ4v) is 7.44. The molecule has 11 heteroatoms. The third-order valence-electron chi connectivity index (χ3n) is 8.73. The molecule has 5 atom stereocenters. The van der Waals surface area contributed by atoms with Crippen LogP contribution in [0, 0.1) is 30.1 Å². The summed E-state index contributed by atoms with van der Waals surface area (Å²) in [6, 6.07) is 7.28. The molecule has 0 aromatic heterocycles. The molecule has 10 nitrogen and oxygen atoms in total. The van der Waals surface area contributed by atoms with E-state index in [1.807, 2.05) is 51.1 Å². The summed E-state index contributed by atoms with van der Waals surface area (Å²) in [5.74, 6) is 0.322. The van der Waals surface area contributed by atoms with Crippen LogP contribution in [0.4, 0.5) is 0 Å². The fourth-order valence-electron chi connectivity index (χ4n) is 6.04. The predicted molar refractivity (Wildman–Crippen MR) is 183 cm³/mol. The van der Waals surface area contributed by atoms with Gasteiger partial charge in [0.25, 0.3) is 0 Å². The van der Waals surface area contributed by atoms with Crippen molar-refractivity contribution in [1.82, 2.24) is 20.3 Å². The van der Waals surface area contributed by atoms with Crippen LogP contribution >= 0.6 is 0 Å². The van der Waals surface area contributed by atoms with Crippen LogP contribution in [0.1, 0.15) is 84.1 Å². The molecule has 46 heavy (non-hydrogen) atoms. The van der Waals surface area contributed by atoms with Crippen molar-refractivity contribution in [1.29, 1.82) is 0 Å². The maximum Gasteiger partial charge on any atom is 0.243 e. The van der Waals surface area contributed by atoms with Crippen LogP contribution in [0.2, 0.25) is 0 Å². The zero-order valence-corrected chi connectivity index (χ0v) is 29.1. The number of carbonyl (C=O) groups excluding carboxylic acids is 2. The number of nitrogens with zero attached hydrogens (tertiary/aromatic N) is 1. The van der Waals surface area contributed by atoms with Gasteiger partial charge in [-0.3, -0.25) is 9.59 Å². The molecule has 0 unspecified atom stereocenters. The third kappa shape index (κ3) is 14.1. The first-order valence-corrected chi connectivity index (χ1v) is 18.6. The minimum atomic E-state index is -3.82. The minimum absolute atomic E-state index is 0.119. The van der Waals surface area contributed by atoms with E-state index >= 15 is 0 Å². The smallest absolute Gasteiger partial charge is 0.243 e. The summed E-state index contributed by atoms with van der Waals surface area (Å²) in [6.07, 6.45) is 10.6. The molecule has 1 aliphatic carbocycles. The number of terminal acetylenes is 1. The molecule has 0 bridgehead atoms. The Morgan fingerprint density at radius 1 is 1.04 bits per heavy atom. The van der Waals surface area contributed by atoms with Gasteiger partial charge in [0.15, 0.2) is 0 Å². The second-order valence-corrected chi connectivity index (χ2v) is 15.4. The van der Waals surface area contributed by atoms with Gasteiger partial charge in [-0.25, -0.2) is 12.7 Å². The first-order chi connectivity index (χ1) is 21.9. The van der Waals surface area contributed by atoms with Crippen LogP contribution < -0.4 is 16.0 Å². The van der Waals surface area contributed by atoms with Crippen molar-refractivity contribution in [2.24, 2.45) is 17.8 Å². The van der Waals surface area contributed by atoms with E-state index in [1.165, 1.54) is 11.4 Å². The van der Waals surface area contributed by atoms with E-state index in [1.54, 1.807) is 0 Å². The first-order valence-electron chi connectivity index (χ1n) is 17.0. The number of sulfonamides is 1. The lowest BCUT2D eigenvalue weighted by molar-refractivity contribution is -0.132. The Balaban J connectivity index is 2.24. The van der Waals surface area contributed by atoms with E-state index in [4.69, 9.17) is 6.42 Å². The van der Waals surface area contributed by atoms with Crippen LogP contribution in [-0.2, 0) is 26.0 Å². The van der Waals surface area contributed by atoms with E-state index in [2.05, 4.69) is 21.9 Å². The van der Waals surface area contributed by atoms with Crippen LogP contribution in [0.5, 0.6) is 0 Å². The SMILES string of the molecule is C#CC[C@H](NC(=O)[C@@H](Cc1ccccc1)CS(=O)(=O)N(C)CCNCCC)C(=O)N[C@@H](CC1CCCCC1)[C@@H](O)[C@@H](O)CC(C)C. The number of carbonyl (C=O) groups is 2. The van der Waals surface area contributed by atoms with Crippen molar-refractivity contribution in [3.05, 3.63) is 35.9 Å². The number of hydrogen-bond donors (Lipinski definition) is 5. The van der Waals surface area contributed by atoms with Crippen LogP contribution in [0.3, 0.4) is 0 Å². The summed E-state index contributed by atoms with van der Waals surface area (Å²) in [4.78, 5) is 27.4. The number of nitrogens with one attached hydrogen (secondary N) is 3. The van der Waals surface area contributed by atoms with Crippen molar-refractivity contribution in [2.45, 2.75) is 109 Å². The quantitative estimate of drug-likeness (QED) is 0.100. The lowest BCUT2D eigenvalue weighted by Crippen LogP contribution is -2.56. The van der Waals surface area contributed by atoms with Crippen molar-refractivity contribution < 1.29 is 28.2 Å². The largest absolute Gasteiger partial charge is 0.390 e. The molecule has 1 fully saturated rings. The number of benzene rings is 1. The minimum Gasteiger partial charge on any atom is -0.390 e. The molecule has 0 radical (unpaired) electrons. The van der Waals surface area contributed by atoms with E-state index in [9.17, 15) is 28.2 Å². The van der Waals surface area contributed by atoms with Gasteiger partial charge in [-0.05, 0) is 49.6 Å². The summed E-state index contributed by atoms with van der Waals surface area (Å²) in [5, 5.41) is 30.8. The normalized spacial score (nSPS) is 17.5. The summed E-state index contributed by atoms with van der Waals surface area (Å²) in [5.41, 5.74) is 0.790. The summed E-state index contributed by atoms with van der Waals surface area (Å²) >= 11 is 0. The predicted octanol–water partition coefficient (Wildman–Crippen LogP) is 2.84. The molecule has 0 heterocycles. The van der Waals surface area contributed by atoms with Crippen LogP contribution in [-0.4, -0.2) is 91.5 Å². The Morgan fingerprint density at radius 3 is 2.33 bits per heavy atom. The lowest BCUT2D eigenvalue weighted by atomic mass is 9.82. The Labute approximate surface area is 277 Å². The van der Waals surface area contributed by atoms with Crippen molar-refractivity contribution >= 4 is 21.8 Å². The monoisotopic (exact) mass is 662 g/mol. The number of likely N-dealkylation sites (N-methyl/N-ethyl adjacent to an activating group) is 1. The zero-order chi connectivity index (χ0) is 34.1. The van der Waals surface area contributed by atoms with Gasteiger partial charge in [-0.1, -0.05) is 83.2 Å². The summed E-state index contributed by atoms with van der Waals surface area (Å²) in [7, 11) is -2.32. The highest BCUT2D eigenvalue weighted by Crippen LogP contribution is 2.29. The number of rotatable bonds is 21. The van der Waals surface area contributed by atoms with Gasteiger partial charge in [0, 0.05) is 26.6 Å². The van der Waals surface area contributed by atoms with E-state index < -0.39 is 57.8 Å². The van der Waals surface area contributed by atoms with E-state index in [0.717, 1.165) is 50.6 Å². The van der Waals surface area contributed by atoms with Crippen LogP contribution in [0.15, 0.2) is 30.3 Å². The highest BCUT2D eigenvalue weighted by molar-refractivity contribution is 7.89. The van der Waals surface area contributed by atoms with E-state index in [-0.39, 0.29) is 25.3 Å². The molecular formula is C35H58N4O6S. The second-order valence-electron chi connectivity index (χ2n) is 13.2. The standard InChI is InChI=1S/C35H58N4O6S/c1-6-14-30(35(43)38-31(24-28-17-12-9-13-18-28)33(41)32(40)22-26(3)4)37-34(42)29(23-27-15-10-8-11-16-27)25-46(44,45)39(5)21-20-36-19-7-2/h1,8,10-11,15-16,26,28-33,36,40-41H,7,9,12-14,17-25H2,2-5H3,(H,37,42)(H,38,43)/t29-,30-,31-,32-,33+/m0/s1. The van der Waals surface area contributed by atoms with Crippen molar-refractivity contribution in [2.75, 3.05) is 32.4 Å². The summed E-state index contributed by atoms with van der Waals surface area (Å²) in [6.45, 7) is 7.47. The molecule has 0 saturated heterocycles. The fraction of sp³-hybridized carbons (Fsp3) is 0.714. The topological polar surface area (TPSA) is 148 Å². The maximum absolute atomic E-state index is 13.8. The van der Waals surface area contributed by atoms with Gasteiger partial charge < -0.3 is 26.2 Å². The molecule has 0 spiro atoms. The molecule has 5 N–H and O–H groups in total. The Bertz CT molecular complexity index is 1180. The highest BCUT2D eigenvalue weighted by atomic mass is 32.2. The molecule has 1 aromatic rings. The van der Waals surface area contributed by atoms with Crippen molar-refractivity contribution in [3.63, 3.8) is 0 Å². The Hall–Kier alpha value is -2.49. The number of amides is 2. The van der Waals surface area contributed by atoms with Gasteiger partial charge in [-0.15, -0.1) is 12.3 Å². The number of hydrogen-bond acceptors (Lipinski definition) is 7. The molecule has 1 aromatic carbocycles. The molecule has 1 aliphatic rings. The van der Waals surface area contributed by atoms with Gasteiger partial charge >= 0.3 is 0 Å². The van der Waals surface area contributed by atoms with E-state index in [0.29, 0.717) is 25.3 Å². The molecular weight excluding hydrogens is 604 g/mol. The average molecular weight is 663 g/mol. The molecule has 2 amide bonds. The van der Waals surface area contributed by atoms with Crippen LogP contribution in [0.25, 0.3) is 0 Å². The molecule has 260 valence electrons. The summed E-state index contributed by atoms with van der Waals surface area (Å²) < 4.78 is 28.0. The second kappa shape index (κ2) is 20.7. The Morgan fingerprint density at radius 2 is 1.72 bits per heavy atom. The first kappa shape index (κ1) is 39.7. The van der Waals surface area contributed by atoms with Gasteiger partial charge in [0.05, 0.1) is 23.8 Å². The van der Waals surface area contributed by atoms with Gasteiger partial charge in [0.1, 0.15) is 12.1 Å². The van der Waals surface area contributed by atoms with Crippen molar-refractivity contribution in [3.8, 4) is 12.3 Å². The molecule has 0 aliphatic heterocycles. The number of aliphatic hydroxyl groups is 2. The molecule has 1 saturated carbocycles. The highest BCUT2D eigenvalue weighted by Gasteiger charge is 2.35. The molecule has 2 rings (SSSR count). The van der Waals surface area contributed by atoms with Gasteiger partial charge in [-0.2, -0.15) is 0 Å². The van der Waals surface area contributed by atoms with Gasteiger partial charge in [0.2, 0.25) is 21.8 Å². The zero-order valence-electron chi connectivity index (χ0n) is 28.3. The number of aliphatic hydroxyl groups excluding tert-OH is 2. The average Bonchev–Trinajstić information content (AvgIpc) is 3.02. The Kier molecular flexibility index (Phi) is 17.8. The maximum atomic E-state index is 13.8.